The molecule has 1 aliphatic heterocycles. The number of nitriles is 1. The molecule has 5 rings (SSSR count). The van der Waals surface area contributed by atoms with Crippen molar-refractivity contribution < 1.29 is 19.2 Å². The van der Waals surface area contributed by atoms with Gasteiger partial charge in [0.05, 0.1) is 17.8 Å². The summed E-state index contributed by atoms with van der Waals surface area (Å²) in [6.07, 6.45) is 1.64. The van der Waals surface area contributed by atoms with Crippen LogP contribution in [0.1, 0.15) is 43.4 Å². The lowest BCUT2D eigenvalue weighted by Crippen LogP contribution is -2.31. The Morgan fingerprint density at radius 1 is 1.31 bits per heavy atom. The minimum Gasteiger partial charge on any atom is -0.490 e. The van der Waals surface area contributed by atoms with Crippen molar-refractivity contribution in [3.63, 3.8) is 0 Å². The first-order chi connectivity index (χ1) is 17.4. The number of fused-ring (bicyclic) bond motifs is 1. The Kier molecular flexibility index (Phi) is 6.53. The number of aliphatic imine (C=N–C) groups is 1. The van der Waals surface area contributed by atoms with Crippen molar-refractivity contribution in [2.24, 2.45) is 4.99 Å². The first kappa shape index (κ1) is 23.7. The van der Waals surface area contributed by atoms with E-state index < -0.39 is 6.10 Å². The fourth-order valence-corrected chi connectivity index (χ4v) is 4.67. The van der Waals surface area contributed by atoms with Gasteiger partial charge in [-0.25, -0.2) is 0 Å². The van der Waals surface area contributed by atoms with Gasteiger partial charge in [0.1, 0.15) is 18.4 Å². The fourth-order valence-electron chi connectivity index (χ4n) is 4.67. The van der Waals surface area contributed by atoms with Crippen LogP contribution in [0.2, 0.25) is 0 Å². The summed E-state index contributed by atoms with van der Waals surface area (Å²) in [7, 11) is 0. The van der Waals surface area contributed by atoms with E-state index in [1.54, 1.807) is 23.1 Å². The van der Waals surface area contributed by atoms with Gasteiger partial charge in [0.2, 0.25) is 11.7 Å². The van der Waals surface area contributed by atoms with E-state index in [0.717, 1.165) is 35.2 Å². The molecule has 3 aromatic rings. The van der Waals surface area contributed by atoms with E-state index in [9.17, 15) is 15.2 Å². The lowest BCUT2D eigenvalue weighted by atomic mass is 10.0. The molecule has 0 spiro atoms. The number of rotatable bonds is 6. The number of benzene rings is 2. The summed E-state index contributed by atoms with van der Waals surface area (Å²) < 4.78 is 11.2. The third kappa shape index (κ3) is 4.72. The van der Waals surface area contributed by atoms with Crippen LogP contribution in [0.5, 0.6) is 5.75 Å². The predicted molar refractivity (Wildman–Crippen MR) is 133 cm³/mol. The van der Waals surface area contributed by atoms with Gasteiger partial charge in [0, 0.05) is 29.9 Å². The molecule has 0 radical (unpaired) electrons. The summed E-state index contributed by atoms with van der Waals surface area (Å²) in [5, 5.41) is 23.4. The number of aliphatic hydroxyl groups excluding tert-OH is 1. The maximum absolute atomic E-state index is 12.5. The van der Waals surface area contributed by atoms with E-state index in [0.29, 0.717) is 48.1 Å². The second kappa shape index (κ2) is 9.91. The zero-order valence-electron chi connectivity index (χ0n) is 20.3. The summed E-state index contributed by atoms with van der Waals surface area (Å²) in [4.78, 5) is 23.3. The first-order valence-corrected chi connectivity index (χ1v) is 12.1. The van der Waals surface area contributed by atoms with Crippen LogP contribution in [0, 0.1) is 11.3 Å². The van der Waals surface area contributed by atoms with Crippen LogP contribution >= 0.6 is 0 Å². The zero-order chi connectivity index (χ0) is 25.2. The van der Waals surface area contributed by atoms with Gasteiger partial charge in [-0.15, -0.1) is 0 Å². The predicted octanol–water partition coefficient (Wildman–Crippen LogP) is 3.39. The Hall–Kier alpha value is -4.03. The van der Waals surface area contributed by atoms with E-state index in [1.807, 2.05) is 32.0 Å². The van der Waals surface area contributed by atoms with Crippen molar-refractivity contribution >= 4 is 11.6 Å². The smallest absolute Gasteiger partial charge is 0.258 e. The Bertz CT molecular complexity index is 1370. The van der Waals surface area contributed by atoms with E-state index in [-0.39, 0.29) is 18.6 Å². The van der Waals surface area contributed by atoms with Crippen LogP contribution in [0.25, 0.3) is 22.8 Å². The SMILES string of the molecule is CC(C)Oc1ccc(-c2nc(-c3cccc4c3CCC4=NCC(=O)N3CC[C@H](O)C3)no2)cc1C#N. The molecule has 0 unspecified atom stereocenters. The summed E-state index contributed by atoms with van der Waals surface area (Å²) in [5.41, 5.74) is 4.87. The summed E-state index contributed by atoms with van der Waals surface area (Å²) in [6.45, 7) is 4.85. The van der Waals surface area contributed by atoms with E-state index in [4.69, 9.17) is 9.26 Å². The molecular weight excluding hydrogens is 458 g/mol. The molecule has 184 valence electrons. The van der Waals surface area contributed by atoms with Crippen molar-refractivity contribution in [3.8, 4) is 34.7 Å². The second-order valence-corrected chi connectivity index (χ2v) is 9.29. The molecular formula is C27H27N5O4. The van der Waals surface area contributed by atoms with Gasteiger partial charge in [-0.05, 0) is 62.4 Å². The molecule has 0 bridgehead atoms. The molecule has 1 aromatic heterocycles. The Labute approximate surface area is 209 Å². The number of aliphatic hydroxyl groups is 1. The van der Waals surface area contributed by atoms with Crippen LogP contribution in [-0.2, 0) is 11.2 Å². The highest BCUT2D eigenvalue weighted by atomic mass is 16.5. The molecule has 2 aromatic carbocycles. The highest BCUT2D eigenvalue weighted by molar-refractivity contribution is 6.06. The minimum absolute atomic E-state index is 0.0437. The molecule has 1 N–H and O–H groups in total. The quantitative estimate of drug-likeness (QED) is 0.567. The van der Waals surface area contributed by atoms with Gasteiger partial charge in [-0.2, -0.15) is 10.2 Å². The molecule has 2 aliphatic rings. The zero-order valence-corrected chi connectivity index (χ0v) is 20.3. The largest absolute Gasteiger partial charge is 0.490 e. The van der Waals surface area contributed by atoms with Gasteiger partial charge in [0.15, 0.2) is 0 Å². The lowest BCUT2D eigenvalue weighted by molar-refractivity contribution is -0.128. The molecule has 1 amide bonds. The molecule has 1 atom stereocenters. The Balaban J connectivity index is 1.37. The van der Waals surface area contributed by atoms with Crippen LogP contribution in [0.15, 0.2) is 45.9 Å². The highest BCUT2D eigenvalue weighted by Crippen LogP contribution is 2.33. The van der Waals surface area contributed by atoms with Crippen LogP contribution < -0.4 is 4.74 Å². The first-order valence-electron chi connectivity index (χ1n) is 12.1. The van der Waals surface area contributed by atoms with Gasteiger partial charge in [-0.3, -0.25) is 9.79 Å². The van der Waals surface area contributed by atoms with Crippen molar-refractivity contribution in [1.82, 2.24) is 15.0 Å². The number of β-amino-alcohol motifs (C(OH)–C–C–N with tert-alkyl or cyclic N) is 1. The van der Waals surface area contributed by atoms with Gasteiger partial charge in [0.25, 0.3) is 5.89 Å². The van der Waals surface area contributed by atoms with Crippen molar-refractivity contribution in [1.29, 1.82) is 5.26 Å². The van der Waals surface area contributed by atoms with Gasteiger partial charge in [-0.1, -0.05) is 23.4 Å². The normalized spacial score (nSPS) is 18.0. The molecule has 1 saturated heterocycles. The number of hydrogen-bond donors (Lipinski definition) is 1. The summed E-state index contributed by atoms with van der Waals surface area (Å²) in [5.74, 6) is 1.24. The number of carbonyl (C=O) groups excluding carboxylic acids is 1. The van der Waals surface area contributed by atoms with E-state index >= 15 is 0 Å². The number of nitrogens with zero attached hydrogens (tertiary/aromatic N) is 5. The van der Waals surface area contributed by atoms with Gasteiger partial charge >= 0.3 is 0 Å². The third-order valence-electron chi connectivity index (χ3n) is 6.40. The monoisotopic (exact) mass is 485 g/mol. The molecule has 9 nitrogen and oxygen atoms in total. The summed E-state index contributed by atoms with van der Waals surface area (Å²) >= 11 is 0. The average molecular weight is 486 g/mol. The number of likely N-dealkylation sites (tertiary alicyclic amines) is 1. The highest BCUT2D eigenvalue weighted by Gasteiger charge is 2.26. The molecule has 36 heavy (non-hydrogen) atoms. The van der Waals surface area contributed by atoms with E-state index in [1.165, 1.54) is 0 Å². The molecule has 1 aliphatic carbocycles. The third-order valence-corrected chi connectivity index (χ3v) is 6.40. The molecule has 2 heterocycles. The maximum Gasteiger partial charge on any atom is 0.258 e. The fraction of sp³-hybridized carbons (Fsp3) is 0.370. The second-order valence-electron chi connectivity index (χ2n) is 9.29. The minimum atomic E-state index is -0.436. The standard InChI is InChI=1S/C27H27N5O4/c1-16(2)35-24-9-6-17(12-18(24)13-28)27-30-26(31-36-27)22-5-3-4-21-20(22)7-8-23(21)29-14-25(34)32-11-10-19(33)15-32/h3-6,9,12,16,19,33H,7-8,10-11,14-15H2,1-2H3/t19-/m0/s1. The maximum atomic E-state index is 12.5. The number of carbonyl (C=O) groups is 1. The number of ether oxygens (including phenoxy) is 1. The average Bonchev–Trinajstić information content (AvgIpc) is 3.62. The van der Waals surface area contributed by atoms with Crippen LogP contribution in [0.4, 0.5) is 0 Å². The van der Waals surface area contributed by atoms with Crippen LogP contribution in [0.3, 0.4) is 0 Å². The molecule has 0 saturated carbocycles. The van der Waals surface area contributed by atoms with Crippen molar-refractivity contribution in [2.45, 2.75) is 45.3 Å². The van der Waals surface area contributed by atoms with E-state index in [2.05, 4.69) is 21.2 Å². The van der Waals surface area contributed by atoms with Gasteiger partial charge < -0.3 is 19.3 Å². The molecule has 1 fully saturated rings. The molecule has 9 heteroatoms. The topological polar surface area (TPSA) is 125 Å². The summed E-state index contributed by atoms with van der Waals surface area (Å²) in [6, 6.07) is 13.3. The Morgan fingerprint density at radius 2 is 2.14 bits per heavy atom. The number of hydrogen-bond acceptors (Lipinski definition) is 8. The Morgan fingerprint density at radius 3 is 2.89 bits per heavy atom. The van der Waals surface area contributed by atoms with Crippen molar-refractivity contribution in [3.05, 3.63) is 53.1 Å². The number of amides is 1. The number of aromatic nitrogens is 2. The van der Waals surface area contributed by atoms with Crippen LogP contribution in [-0.4, -0.2) is 63.6 Å². The van der Waals surface area contributed by atoms with Crippen molar-refractivity contribution in [2.75, 3.05) is 19.6 Å². The lowest BCUT2D eigenvalue weighted by Gasteiger charge is -2.14.